The van der Waals surface area contributed by atoms with Crippen LogP contribution in [0.5, 0.6) is 0 Å². The van der Waals surface area contributed by atoms with E-state index in [0.717, 1.165) is 0 Å². The molecule has 5 nitrogen and oxygen atoms in total. The van der Waals surface area contributed by atoms with Gasteiger partial charge in [-0.05, 0) is 12.1 Å². The highest BCUT2D eigenvalue weighted by Gasteiger charge is 2.26. The van der Waals surface area contributed by atoms with Gasteiger partial charge in [0.1, 0.15) is 5.84 Å². The molecule has 0 aliphatic carbocycles. The number of sulfone groups is 1. The maximum atomic E-state index is 12.0. The molecule has 0 heterocycles. The number of hydrogen-bond acceptors (Lipinski definition) is 4. The molecule has 0 aliphatic rings. The van der Waals surface area contributed by atoms with E-state index in [4.69, 9.17) is 11.1 Å². The van der Waals surface area contributed by atoms with Crippen molar-refractivity contribution < 1.29 is 26.3 Å². The van der Waals surface area contributed by atoms with Crippen molar-refractivity contribution in [2.24, 2.45) is 5.73 Å². The maximum absolute atomic E-state index is 12.0. The van der Waals surface area contributed by atoms with Gasteiger partial charge >= 0.3 is 6.18 Å². The van der Waals surface area contributed by atoms with E-state index in [1.807, 2.05) is 0 Å². The second-order valence-electron chi connectivity index (χ2n) is 4.24. The summed E-state index contributed by atoms with van der Waals surface area (Å²) in [6.45, 7) is -0.908. The predicted octanol–water partition coefficient (Wildman–Crippen LogP) is 1.71. The molecule has 0 unspecified atom stereocenters. The van der Waals surface area contributed by atoms with Crippen LogP contribution in [0.25, 0.3) is 0 Å². The zero-order valence-corrected chi connectivity index (χ0v) is 11.8. The van der Waals surface area contributed by atoms with E-state index in [2.05, 4.69) is 4.74 Å². The standard InChI is InChI=1S/C12H15F3N2O3S/c13-12(14,15)4-5-20-6-7-21(18,19)10-3-1-2-9(8-10)11(16)17/h1-3,8H,4-7H2,(H3,16,17). The number of nitrogens with one attached hydrogen (secondary N) is 1. The van der Waals surface area contributed by atoms with Crippen molar-refractivity contribution in [3.8, 4) is 0 Å². The van der Waals surface area contributed by atoms with Crippen LogP contribution in [0.1, 0.15) is 12.0 Å². The highest BCUT2D eigenvalue weighted by molar-refractivity contribution is 7.91. The summed E-state index contributed by atoms with van der Waals surface area (Å²) in [5, 5.41) is 7.24. The molecule has 1 aromatic carbocycles. The molecule has 0 atom stereocenters. The van der Waals surface area contributed by atoms with E-state index in [-0.39, 0.29) is 22.9 Å². The van der Waals surface area contributed by atoms with Crippen LogP contribution in [-0.4, -0.2) is 39.4 Å². The normalized spacial score (nSPS) is 12.3. The summed E-state index contributed by atoms with van der Waals surface area (Å²) in [5.74, 6) is -0.708. The fraction of sp³-hybridized carbons (Fsp3) is 0.417. The number of ether oxygens (including phenoxy) is 1. The molecule has 0 radical (unpaired) electrons. The Hall–Kier alpha value is -1.61. The van der Waals surface area contributed by atoms with Crippen molar-refractivity contribution in [2.75, 3.05) is 19.0 Å². The molecule has 0 spiro atoms. The fourth-order valence-corrected chi connectivity index (χ4v) is 2.60. The number of amidine groups is 1. The molecule has 0 saturated carbocycles. The first-order chi connectivity index (χ1) is 9.62. The van der Waals surface area contributed by atoms with Crippen LogP contribution in [0.15, 0.2) is 29.2 Å². The van der Waals surface area contributed by atoms with Crippen LogP contribution in [0.3, 0.4) is 0 Å². The highest BCUT2D eigenvalue weighted by atomic mass is 32.2. The van der Waals surface area contributed by atoms with Crippen LogP contribution >= 0.6 is 0 Å². The first-order valence-electron chi connectivity index (χ1n) is 5.93. The highest BCUT2D eigenvalue weighted by Crippen LogP contribution is 2.19. The Bertz CT molecular complexity index is 600. The Morgan fingerprint density at radius 3 is 2.52 bits per heavy atom. The lowest BCUT2D eigenvalue weighted by atomic mass is 10.2. The molecule has 118 valence electrons. The van der Waals surface area contributed by atoms with Crippen molar-refractivity contribution in [2.45, 2.75) is 17.5 Å². The van der Waals surface area contributed by atoms with Gasteiger partial charge in [-0.3, -0.25) is 5.41 Å². The van der Waals surface area contributed by atoms with Crippen molar-refractivity contribution in [1.29, 1.82) is 5.41 Å². The van der Waals surface area contributed by atoms with Gasteiger partial charge in [0.05, 0.1) is 30.3 Å². The zero-order chi connectivity index (χ0) is 16.1. The summed E-state index contributed by atoms with van der Waals surface area (Å²) in [7, 11) is -3.69. The van der Waals surface area contributed by atoms with Crippen molar-refractivity contribution >= 4 is 15.7 Å². The van der Waals surface area contributed by atoms with Gasteiger partial charge in [0.25, 0.3) is 0 Å². The lowest BCUT2D eigenvalue weighted by molar-refractivity contribution is -0.144. The third kappa shape index (κ3) is 6.13. The Morgan fingerprint density at radius 1 is 1.29 bits per heavy atom. The number of nitrogen functional groups attached to an aromatic ring is 1. The van der Waals surface area contributed by atoms with E-state index in [1.165, 1.54) is 24.3 Å². The molecule has 0 fully saturated rings. The Kier molecular flexibility index (Phi) is 5.73. The minimum Gasteiger partial charge on any atom is -0.384 e. The average molecular weight is 324 g/mol. The molecule has 21 heavy (non-hydrogen) atoms. The minimum absolute atomic E-state index is 0.0466. The first kappa shape index (κ1) is 17.4. The number of halogens is 3. The predicted molar refractivity (Wildman–Crippen MR) is 71.0 cm³/mol. The van der Waals surface area contributed by atoms with Crippen LogP contribution in [0, 0.1) is 5.41 Å². The van der Waals surface area contributed by atoms with Gasteiger partial charge in [-0.25, -0.2) is 8.42 Å². The second-order valence-corrected chi connectivity index (χ2v) is 6.35. The molecule has 9 heteroatoms. The monoisotopic (exact) mass is 324 g/mol. The van der Waals surface area contributed by atoms with Gasteiger partial charge < -0.3 is 10.5 Å². The fourth-order valence-electron chi connectivity index (χ4n) is 1.43. The third-order valence-corrected chi connectivity index (χ3v) is 4.21. The maximum Gasteiger partial charge on any atom is 0.391 e. The van der Waals surface area contributed by atoms with Gasteiger partial charge in [0, 0.05) is 5.56 Å². The topological polar surface area (TPSA) is 93.2 Å². The number of hydrogen-bond donors (Lipinski definition) is 2. The lowest BCUT2D eigenvalue weighted by Crippen LogP contribution is -2.17. The zero-order valence-electron chi connectivity index (χ0n) is 11.0. The summed E-state index contributed by atoms with van der Waals surface area (Å²) in [6.07, 6.45) is -5.44. The minimum atomic E-state index is -4.32. The molecular formula is C12H15F3N2O3S. The van der Waals surface area contributed by atoms with Gasteiger partial charge in [0.2, 0.25) is 0 Å². The average Bonchev–Trinajstić information content (AvgIpc) is 2.37. The summed E-state index contributed by atoms with van der Waals surface area (Å²) in [5.41, 5.74) is 5.52. The van der Waals surface area contributed by atoms with E-state index in [0.29, 0.717) is 0 Å². The Morgan fingerprint density at radius 2 is 1.95 bits per heavy atom. The quantitative estimate of drug-likeness (QED) is 0.454. The van der Waals surface area contributed by atoms with Crippen LogP contribution < -0.4 is 5.73 Å². The Labute approximate surface area is 120 Å². The Balaban J connectivity index is 2.58. The van der Waals surface area contributed by atoms with Gasteiger partial charge in [-0.15, -0.1) is 0 Å². The summed E-state index contributed by atoms with van der Waals surface area (Å²) in [6, 6.07) is 5.50. The van der Waals surface area contributed by atoms with Crippen LogP contribution in [0.4, 0.5) is 13.2 Å². The molecule has 0 amide bonds. The van der Waals surface area contributed by atoms with Crippen LogP contribution in [0.2, 0.25) is 0 Å². The van der Waals surface area contributed by atoms with Gasteiger partial charge in [-0.2, -0.15) is 13.2 Å². The number of alkyl halides is 3. The molecule has 3 N–H and O–H groups in total. The van der Waals surface area contributed by atoms with Crippen molar-refractivity contribution in [3.63, 3.8) is 0 Å². The lowest BCUT2D eigenvalue weighted by Gasteiger charge is -2.08. The first-order valence-corrected chi connectivity index (χ1v) is 7.59. The largest absolute Gasteiger partial charge is 0.391 e. The number of benzene rings is 1. The number of rotatable bonds is 7. The van der Waals surface area contributed by atoms with Crippen LogP contribution in [-0.2, 0) is 14.6 Å². The molecule has 1 aromatic rings. The molecule has 0 aromatic heterocycles. The van der Waals surface area contributed by atoms with Crippen molar-refractivity contribution in [3.05, 3.63) is 29.8 Å². The molecule has 0 aliphatic heterocycles. The van der Waals surface area contributed by atoms with Gasteiger partial charge in [0.15, 0.2) is 9.84 Å². The van der Waals surface area contributed by atoms with E-state index in [9.17, 15) is 21.6 Å². The van der Waals surface area contributed by atoms with Gasteiger partial charge in [-0.1, -0.05) is 12.1 Å². The summed E-state index contributed by atoms with van der Waals surface area (Å²) < 4.78 is 64.2. The third-order valence-electron chi connectivity index (χ3n) is 2.53. The second kappa shape index (κ2) is 6.90. The van der Waals surface area contributed by atoms with E-state index < -0.39 is 34.8 Å². The smallest absolute Gasteiger partial charge is 0.384 e. The van der Waals surface area contributed by atoms with E-state index >= 15 is 0 Å². The molecule has 1 rings (SSSR count). The SMILES string of the molecule is N=C(N)c1cccc(S(=O)(=O)CCOCCC(F)(F)F)c1. The summed E-state index contributed by atoms with van der Waals surface area (Å²) >= 11 is 0. The molecule has 0 saturated heterocycles. The molecule has 0 bridgehead atoms. The summed E-state index contributed by atoms with van der Waals surface area (Å²) in [4.78, 5) is -0.0466. The van der Waals surface area contributed by atoms with E-state index in [1.54, 1.807) is 0 Å². The molecular weight excluding hydrogens is 309 g/mol. The van der Waals surface area contributed by atoms with Crippen molar-refractivity contribution in [1.82, 2.24) is 0 Å². The number of nitrogens with two attached hydrogens (primary N) is 1.